The molecule has 0 aliphatic heterocycles. The zero-order valence-corrected chi connectivity index (χ0v) is 11.9. The lowest BCUT2D eigenvalue weighted by atomic mass is 10.1. The molecule has 1 aromatic carbocycles. The van der Waals surface area contributed by atoms with Crippen LogP contribution >= 0.6 is 15.9 Å². The molecule has 1 aliphatic carbocycles. The summed E-state index contributed by atoms with van der Waals surface area (Å²) in [6.45, 7) is 0.605. The van der Waals surface area contributed by atoms with Crippen LogP contribution < -0.4 is 10.6 Å². The fraction of sp³-hybridized carbons (Fsp3) is 0.385. The van der Waals surface area contributed by atoms with Crippen molar-refractivity contribution in [3.05, 3.63) is 34.3 Å². The monoisotopic (exact) mass is 326 g/mol. The first-order valence-electron chi connectivity index (χ1n) is 6.01. The summed E-state index contributed by atoms with van der Waals surface area (Å²) in [5.41, 5.74) is 0.257. The lowest BCUT2D eigenvalue weighted by Gasteiger charge is -2.12. The van der Waals surface area contributed by atoms with E-state index in [4.69, 9.17) is 5.11 Å². The average Bonchev–Trinajstić information content (AvgIpc) is 3.17. The Kier molecular flexibility index (Phi) is 4.09. The molecule has 0 aromatic heterocycles. The lowest BCUT2D eigenvalue weighted by molar-refractivity contribution is -0.143. The molecule has 1 aliphatic rings. The molecule has 0 unspecified atom stereocenters. The molecule has 102 valence electrons. The van der Waals surface area contributed by atoms with Crippen molar-refractivity contribution in [3.8, 4) is 0 Å². The number of rotatable bonds is 5. The number of carbonyl (C=O) groups excluding carboxylic acids is 1. The normalized spacial score (nSPS) is 15.6. The number of aliphatic carboxylic acids is 1. The van der Waals surface area contributed by atoms with Gasteiger partial charge in [0, 0.05) is 17.6 Å². The number of nitrogens with one attached hydrogen (secondary N) is 2. The molecule has 1 aromatic rings. The van der Waals surface area contributed by atoms with Crippen LogP contribution in [-0.2, 0) is 11.3 Å². The van der Waals surface area contributed by atoms with Crippen molar-refractivity contribution in [1.29, 1.82) is 0 Å². The molecule has 2 rings (SSSR count). The third-order valence-corrected chi connectivity index (χ3v) is 3.79. The van der Waals surface area contributed by atoms with Crippen molar-refractivity contribution >= 4 is 27.9 Å². The average molecular weight is 327 g/mol. The van der Waals surface area contributed by atoms with E-state index in [0.29, 0.717) is 19.4 Å². The van der Waals surface area contributed by atoms with Crippen LogP contribution in [0, 0.1) is 5.41 Å². The van der Waals surface area contributed by atoms with Crippen LogP contribution in [0.4, 0.5) is 4.79 Å². The van der Waals surface area contributed by atoms with Gasteiger partial charge in [0.2, 0.25) is 0 Å². The second kappa shape index (κ2) is 5.61. The van der Waals surface area contributed by atoms with Gasteiger partial charge in [-0.15, -0.1) is 0 Å². The molecule has 2 amide bonds. The summed E-state index contributed by atoms with van der Waals surface area (Å²) in [4.78, 5) is 22.5. The van der Waals surface area contributed by atoms with Gasteiger partial charge in [-0.25, -0.2) is 4.79 Å². The largest absolute Gasteiger partial charge is 0.481 e. The Morgan fingerprint density at radius 2 is 1.84 bits per heavy atom. The number of urea groups is 1. The van der Waals surface area contributed by atoms with Crippen LogP contribution in [0.5, 0.6) is 0 Å². The Hall–Kier alpha value is -1.56. The van der Waals surface area contributed by atoms with Gasteiger partial charge in [-0.2, -0.15) is 0 Å². The number of hydrogen-bond donors (Lipinski definition) is 3. The van der Waals surface area contributed by atoms with Gasteiger partial charge >= 0.3 is 12.0 Å². The third kappa shape index (κ3) is 3.70. The molecule has 5 nitrogen and oxygen atoms in total. The summed E-state index contributed by atoms with van der Waals surface area (Å²) in [6, 6.07) is 7.28. The van der Waals surface area contributed by atoms with E-state index in [1.807, 2.05) is 24.3 Å². The molecule has 6 heteroatoms. The van der Waals surface area contributed by atoms with E-state index in [-0.39, 0.29) is 12.6 Å². The van der Waals surface area contributed by atoms with E-state index in [0.717, 1.165) is 10.0 Å². The van der Waals surface area contributed by atoms with E-state index in [9.17, 15) is 9.59 Å². The van der Waals surface area contributed by atoms with Gasteiger partial charge in [-0.05, 0) is 30.5 Å². The number of halogens is 1. The van der Waals surface area contributed by atoms with Crippen molar-refractivity contribution in [2.75, 3.05) is 6.54 Å². The first-order valence-corrected chi connectivity index (χ1v) is 6.81. The summed E-state index contributed by atoms with van der Waals surface area (Å²) < 4.78 is 0.984. The molecule has 0 radical (unpaired) electrons. The first kappa shape index (κ1) is 13.9. The van der Waals surface area contributed by atoms with Gasteiger partial charge in [-0.3, -0.25) is 4.79 Å². The Morgan fingerprint density at radius 1 is 1.21 bits per heavy atom. The second-order valence-corrected chi connectivity index (χ2v) is 5.66. The zero-order valence-electron chi connectivity index (χ0n) is 10.3. The maximum absolute atomic E-state index is 11.6. The second-order valence-electron chi connectivity index (χ2n) is 4.75. The molecular formula is C13H15BrN2O3. The summed E-state index contributed by atoms with van der Waals surface area (Å²) >= 11 is 3.34. The smallest absolute Gasteiger partial charge is 0.315 e. The van der Waals surface area contributed by atoms with Gasteiger partial charge in [0.25, 0.3) is 0 Å². The topological polar surface area (TPSA) is 78.4 Å². The minimum atomic E-state index is -0.833. The van der Waals surface area contributed by atoms with Crippen molar-refractivity contribution < 1.29 is 14.7 Å². The van der Waals surface area contributed by atoms with E-state index in [2.05, 4.69) is 26.6 Å². The van der Waals surface area contributed by atoms with Crippen LogP contribution in [0.15, 0.2) is 28.7 Å². The van der Waals surface area contributed by atoms with Crippen molar-refractivity contribution in [2.45, 2.75) is 19.4 Å². The maximum Gasteiger partial charge on any atom is 0.315 e. The summed E-state index contributed by atoms with van der Waals surface area (Å²) in [5, 5.41) is 14.3. The molecule has 0 heterocycles. The van der Waals surface area contributed by atoms with Gasteiger partial charge < -0.3 is 15.7 Å². The Balaban J connectivity index is 1.73. The van der Waals surface area contributed by atoms with Gasteiger partial charge in [0.05, 0.1) is 5.41 Å². The van der Waals surface area contributed by atoms with Crippen LogP contribution in [0.3, 0.4) is 0 Å². The van der Waals surface area contributed by atoms with Crippen molar-refractivity contribution in [2.24, 2.45) is 5.41 Å². The maximum atomic E-state index is 11.6. The predicted molar refractivity (Wildman–Crippen MR) is 73.7 cm³/mol. The first-order chi connectivity index (χ1) is 9.02. The van der Waals surface area contributed by atoms with Crippen LogP contribution in [0.25, 0.3) is 0 Å². The standard InChI is InChI=1S/C13H15BrN2O3/c14-10-3-1-9(2-4-10)7-15-12(19)16-8-13(5-6-13)11(17)18/h1-4H,5-8H2,(H,17,18)(H2,15,16,19). The highest BCUT2D eigenvalue weighted by atomic mass is 79.9. The van der Waals surface area contributed by atoms with Gasteiger partial charge in [0.15, 0.2) is 0 Å². The lowest BCUT2D eigenvalue weighted by Crippen LogP contribution is -2.40. The molecule has 19 heavy (non-hydrogen) atoms. The summed E-state index contributed by atoms with van der Waals surface area (Å²) in [6.07, 6.45) is 1.27. The number of carboxylic acids is 1. The molecule has 0 atom stereocenters. The van der Waals surface area contributed by atoms with E-state index < -0.39 is 11.4 Å². The van der Waals surface area contributed by atoms with Crippen LogP contribution in [0.2, 0.25) is 0 Å². The SMILES string of the molecule is O=C(NCc1ccc(Br)cc1)NCC1(C(=O)O)CC1. The minimum Gasteiger partial charge on any atom is -0.481 e. The summed E-state index contributed by atoms with van der Waals surface area (Å²) in [7, 11) is 0. The minimum absolute atomic E-state index is 0.189. The van der Waals surface area contributed by atoms with Crippen molar-refractivity contribution in [3.63, 3.8) is 0 Å². The number of amides is 2. The molecule has 0 saturated heterocycles. The quantitative estimate of drug-likeness (QED) is 0.775. The van der Waals surface area contributed by atoms with Crippen LogP contribution in [0.1, 0.15) is 18.4 Å². The fourth-order valence-electron chi connectivity index (χ4n) is 1.71. The molecule has 3 N–H and O–H groups in total. The van der Waals surface area contributed by atoms with E-state index >= 15 is 0 Å². The van der Waals surface area contributed by atoms with E-state index in [1.54, 1.807) is 0 Å². The molecular weight excluding hydrogens is 312 g/mol. The number of carboxylic acid groups (broad SMARTS) is 1. The predicted octanol–water partition coefficient (Wildman–Crippen LogP) is 2.11. The highest BCUT2D eigenvalue weighted by Crippen LogP contribution is 2.45. The van der Waals surface area contributed by atoms with Gasteiger partial charge in [0.1, 0.15) is 0 Å². The highest BCUT2D eigenvalue weighted by molar-refractivity contribution is 9.10. The molecule has 0 bridgehead atoms. The van der Waals surface area contributed by atoms with E-state index in [1.165, 1.54) is 0 Å². The Morgan fingerprint density at radius 3 is 2.37 bits per heavy atom. The Bertz CT molecular complexity index is 483. The Labute approximate surface area is 119 Å². The zero-order chi connectivity index (χ0) is 13.9. The fourth-order valence-corrected chi connectivity index (χ4v) is 1.98. The summed E-state index contributed by atoms with van der Waals surface area (Å²) in [5.74, 6) is -0.833. The molecule has 1 fully saturated rings. The number of hydrogen-bond acceptors (Lipinski definition) is 2. The van der Waals surface area contributed by atoms with Crippen LogP contribution in [-0.4, -0.2) is 23.7 Å². The number of carbonyl (C=O) groups is 2. The molecule has 1 saturated carbocycles. The third-order valence-electron chi connectivity index (χ3n) is 3.26. The number of benzene rings is 1. The van der Waals surface area contributed by atoms with Gasteiger partial charge in [-0.1, -0.05) is 28.1 Å². The highest BCUT2D eigenvalue weighted by Gasteiger charge is 2.50. The van der Waals surface area contributed by atoms with Crippen molar-refractivity contribution in [1.82, 2.24) is 10.6 Å². The molecule has 0 spiro atoms.